The Morgan fingerprint density at radius 1 is 1.14 bits per heavy atom. The lowest BCUT2D eigenvalue weighted by molar-refractivity contribution is 0.251. The van der Waals surface area contributed by atoms with E-state index < -0.39 is 0 Å². The maximum atomic E-state index is 12.5. The van der Waals surface area contributed by atoms with Crippen molar-refractivity contribution in [2.75, 3.05) is 5.32 Å². The van der Waals surface area contributed by atoms with Crippen LogP contribution in [0, 0.1) is 6.92 Å². The highest BCUT2D eigenvalue weighted by Crippen LogP contribution is 2.29. The average Bonchev–Trinajstić information content (AvgIpc) is 3.12. The number of hydrogen-bond acceptors (Lipinski definition) is 3. The maximum Gasteiger partial charge on any atom is 0.320 e. The second kappa shape index (κ2) is 8.39. The van der Waals surface area contributed by atoms with Crippen LogP contribution in [0.25, 0.3) is 5.69 Å². The molecule has 0 saturated heterocycles. The summed E-state index contributed by atoms with van der Waals surface area (Å²) in [6.45, 7) is 8.65. The number of hydrogen-bond donors (Lipinski definition) is 3. The molecule has 3 N–H and O–H groups in total. The third kappa shape index (κ3) is 4.77. The molecule has 2 amide bonds. The van der Waals surface area contributed by atoms with Crippen molar-refractivity contribution < 1.29 is 9.90 Å². The molecular formula is C23H28N4O2. The number of para-hydroxylation sites is 1. The van der Waals surface area contributed by atoms with E-state index in [1.165, 1.54) is 0 Å². The summed E-state index contributed by atoms with van der Waals surface area (Å²) in [6, 6.07) is 16.5. The Bertz CT molecular complexity index is 990. The summed E-state index contributed by atoms with van der Waals surface area (Å²) in [4.78, 5) is 12.5. The third-order valence-corrected chi connectivity index (χ3v) is 5.24. The number of carbonyl (C=O) groups is 1. The topological polar surface area (TPSA) is 79.2 Å². The SMILES string of the molecule is CCC(C)(C)c1cc(NC(=O)NCc2ccccc2O)n(-c2ccc(C)cc2)n1. The molecule has 0 unspecified atom stereocenters. The zero-order valence-corrected chi connectivity index (χ0v) is 17.4. The van der Waals surface area contributed by atoms with Crippen LogP contribution in [0.2, 0.25) is 0 Å². The van der Waals surface area contributed by atoms with E-state index >= 15 is 0 Å². The van der Waals surface area contributed by atoms with Gasteiger partial charge >= 0.3 is 6.03 Å². The number of phenolic OH excluding ortho intramolecular Hbond substituents is 1. The highest BCUT2D eigenvalue weighted by Gasteiger charge is 2.24. The molecule has 3 aromatic rings. The van der Waals surface area contributed by atoms with Crippen molar-refractivity contribution in [1.29, 1.82) is 0 Å². The summed E-state index contributed by atoms with van der Waals surface area (Å²) in [5.74, 6) is 0.754. The van der Waals surface area contributed by atoms with Crippen molar-refractivity contribution >= 4 is 11.8 Å². The number of benzene rings is 2. The van der Waals surface area contributed by atoms with Crippen molar-refractivity contribution in [2.45, 2.75) is 46.1 Å². The van der Waals surface area contributed by atoms with Crippen LogP contribution in [-0.2, 0) is 12.0 Å². The summed E-state index contributed by atoms with van der Waals surface area (Å²) < 4.78 is 1.76. The number of rotatable bonds is 6. The zero-order chi connectivity index (χ0) is 21.0. The second-order valence-electron chi connectivity index (χ2n) is 7.84. The molecule has 0 atom stereocenters. The predicted octanol–water partition coefficient (Wildman–Crippen LogP) is 4.90. The van der Waals surface area contributed by atoms with Crippen molar-refractivity contribution in [2.24, 2.45) is 0 Å². The summed E-state index contributed by atoms with van der Waals surface area (Å²) in [5, 5.41) is 20.3. The van der Waals surface area contributed by atoms with Gasteiger partial charge in [0.25, 0.3) is 0 Å². The lowest BCUT2D eigenvalue weighted by Gasteiger charge is -2.19. The van der Waals surface area contributed by atoms with Crippen molar-refractivity contribution in [3.63, 3.8) is 0 Å². The van der Waals surface area contributed by atoms with E-state index in [1.54, 1.807) is 22.9 Å². The number of aryl methyl sites for hydroxylation is 1. The molecule has 1 heterocycles. The van der Waals surface area contributed by atoms with Crippen LogP contribution in [0.5, 0.6) is 5.75 Å². The molecule has 3 rings (SSSR count). The lowest BCUT2D eigenvalue weighted by atomic mass is 9.87. The predicted molar refractivity (Wildman–Crippen MR) is 116 cm³/mol. The van der Waals surface area contributed by atoms with Gasteiger partial charge in [-0.1, -0.05) is 56.7 Å². The van der Waals surface area contributed by atoms with Gasteiger partial charge in [-0.15, -0.1) is 0 Å². The molecule has 2 aromatic carbocycles. The first kappa shape index (κ1) is 20.5. The Morgan fingerprint density at radius 3 is 2.48 bits per heavy atom. The molecule has 6 nitrogen and oxygen atoms in total. The van der Waals surface area contributed by atoms with E-state index in [1.807, 2.05) is 43.3 Å². The fourth-order valence-corrected chi connectivity index (χ4v) is 2.86. The Hall–Kier alpha value is -3.28. The standard InChI is InChI=1S/C23H28N4O2/c1-5-23(3,4)20-14-21(27(26-20)18-12-10-16(2)11-13-18)25-22(29)24-15-17-8-6-7-9-19(17)28/h6-14,28H,5,15H2,1-4H3,(H2,24,25,29). The molecule has 0 aliphatic heterocycles. The van der Waals surface area contributed by atoms with Crippen LogP contribution < -0.4 is 10.6 Å². The Morgan fingerprint density at radius 2 is 1.83 bits per heavy atom. The number of aromatic hydroxyl groups is 1. The van der Waals surface area contributed by atoms with Gasteiger partial charge in [-0.2, -0.15) is 5.10 Å². The number of urea groups is 1. The average molecular weight is 393 g/mol. The fourth-order valence-electron chi connectivity index (χ4n) is 2.86. The minimum Gasteiger partial charge on any atom is -0.508 e. The van der Waals surface area contributed by atoms with Crippen molar-refractivity contribution in [3.05, 3.63) is 71.4 Å². The number of nitrogens with zero attached hydrogens (tertiary/aromatic N) is 2. The van der Waals surface area contributed by atoms with E-state index in [2.05, 4.69) is 31.4 Å². The summed E-state index contributed by atoms with van der Waals surface area (Å²) >= 11 is 0. The number of carbonyl (C=O) groups excluding carboxylic acids is 1. The Kier molecular flexibility index (Phi) is 5.92. The minimum absolute atomic E-state index is 0.112. The molecule has 0 spiro atoms. The molecule has 152 valence electrons. The van der Waals surface area contributed by atoms with Crippen molar-refractivity contribution in [3.8, 4) is 11.4 Å². The molecular weight excluding hydrogens is 364 g/mol. The van der Waals surface area contributed by atoms with Crippen LogP contribution in [0.1, 0.15) is 44.0 Å². The lowest BCUT2D eigenvalue weighted by Crippen LogP contribution is -2.29. The van der Waals surface area contributed by atoms with E-state index in [-0.39, 0.29) is 23.7 Å². The van der Waals surface area contributed by atoms with Gasteiger partial charge in [0.2, 0.25) is 0 Å². The van der Waals surface area contributed by atoms with Crippen LogP contribution in [0.4, 0.5) is 10.6 Å². The first-order valence-electron chi connectivity index (χ1n) is 9.79. The summed E-state index contributed by atoms with van der Waals surface area (Å²) in [6.07, 6.45) is 0.927. The van der Waals surface area contributed by atoms with Crippen LogP contribution >= 0.6 is 0 Å². The van der Waals surface area contributed by atoms with Crippen LogP contribution in [0.15, 0.2) is 54.6 Å². The van der Waals surface area contributed by atoms with Crippen LogP contribution in [-0.4, -0.2) is 20.9 Å². The summed E-state index contributed by atoms with van der Waals surface area (Å²) in [7, 11) is 0. The van der Waals surface area contributed by atoms with Gasteiger partial charge in [0, 0.05) is 23.6 Å². The molecule has 0 radical (unpaired) electrons. The number of phenols is 1. The molecule has 0 aliphatic carbocycles. The minimum atomic E-state index is -0.359. The first-order chi connectivity index (χ1) is 13.8. The highest BCUT2D eigenvalue weighted by molar-refractivity contribution is 5.88. The number of aromatic nitrogens is 2. The van der Waals surface area contributed by atoms with E-state index in [9.17, 15) is 9.90 Å². The molecule has 0 aliphatic rings. The third-order valence-electron chi connectivity index (χ3n) is 5.24. The quantitative estimate of drug-likeness (QED) is 0.558. The van der Waals surface area contributed by atoms with Crippen LogP contribution in [0.3, 0.4) is 0 Å². The van der Waals surface area contributed by atoms with Gasteiger partial charge in [-0.3, -0.25) is 5.32 Å². The zero-order valence-electron chi connectivity index (χ0n) is 17.4. The molecule has 1 aromatic heterocycles. The van der Waals surface area contributed by atoms with E-state index in [4.69, 9.17) is 5.10 Å². The molecule has 0 fully saturated rings. The van der Waals surface area contributed by atoms with Gasteiger partial charge < -0.3 is 10.4 Å². The Labute approximate surface area is 171 Å². The van der Waals surface area contributed by atoms with Gasteiger partial charge in [0.1, 0.15) is 11.6 Å². The summed E-state index contributed by atoms with van der Waals surface area (Å²) in [5.41, 5.74) is 3.49. The highest BCUT2D eigenvalue weighted by atomic mass is 16.3. The molecule has 6 heteroatoms. The van der Waals surface area contributed by atoms with Gasteiger partial charge in [-0.05, 0) is 31.5 Å². The maximum absolute atomic E-state index is 12.5. The van der Waals surface area contributed by atoms with Gasteiger partial charge in [0.05, 0.1) is 11.4 Å². The van der Waals surface area contributed by atoms with Gasteiger partial charge in [0.15, 0.2) is 0 Å². The largest absolute Gasteiger partial charge is 0.508 e. The number of nitrogens with one attached hydrogen (secondary N) is 2. The fraction of sp³-hybridized carbons (Fsp3) is 0.304. The van der Waals surface area contributed by atoms with E-state index in [0.717, 1.165) is 23.4 Å². The van der Waals surface area contributed by atoms with Crippen molar-refractivity contribution in [1.82, 2.24) is 15.1 Å². The molecule has 29 heavy (non-hydrogen) atoms. The number of amides is 2. The monoisotopic (exact) mass is 392 g/mol. The van der Waals surface area contributed by atoms with Gasteiger partial charge in [-0.25, -0.2) is 9.48 Å². The first-order valence-corrected chi connectivity index (χ1v) is 9.79. The second-order valence-corrected chi connectivity index (χ2v) is 7.84. The molecule has 0 bridgehead atoms. The van der Waals surface area contributed by atoms with E-state index in [0.29, 0.717) is 11.4 Å². The normalized spacial score (nSPS) is 11.3. The smallest absolute Gasteiger partial charge is 0.320 e. The Balaban J connectivity index is 1.83. The number of anilines is 1. The molecule has 0 saturated carbocycles.